The summed E-state index contributed by atoms with van der Waals surface area (Å²) in [5.74, 6) is 0. The van der Waals surface area contributed by atoms with Crippen LogP contribution in [0.25, 0.3) is 21.8 Å². The quantitative estimate of drug-likeness (QED) is 0.453. The SMILES string of the molecule is OC(O)c1cc2c(ccc3[nH]ccc32)[nH]1. The molecular weight excluding hydrogens is 192 g/mol. The number of aliphatic hydroxyl groups excluding tert-OH is 1. The minimum absolute atomic E-state index is 0.415. The predicted molar refractivity (Wildman–Crippen MR) is 57.3 cm³/mol. The van der Waals surface area contributed by atoms with Crippen molar-refractivity contribution in [3.8, 4) is 0 Å². The van der Waals surface area contributed by atoms with Gasteiger partial charge in [0, 0.05) is 28.0 Å². The van der Waals surface area contributed by atoms with Gasteiger partial charge in [0.15, 0.2) is 6.29 Å². The highest BCUT2D eigenvalue weighted by Gasteiger charge is 2.09. The Balaban J connectivity index is 2.41. The van der Waals surface area contributed by atoms with Gasteiger partial charge < -0.3 is 20.2 Å². The van der Waals surface area contributed by atoms with E-state index in [-0.39, 0.29) is 0 Å². The van der Waals surface area contributed by atoms with Crippen LogP contribution in [-0.2, 0) is 0 Å². The highest BCUT2D eigenvalue weighted by molar-refractivity contribution is 6.05. The molecule has 0 saturated carbocycles. The number of aliphatic hydroxyl groups is 2. The van der Waals surface area contributed by atoms with Gasteiger partial charge in [-0.2, -0.15) is 0 Å². The van der Waals surface area contributed by atoms with E-state index >= 15 is 0 Å². The maximum absolute atomic E-state index is 9.06. The van der Waals surface area contributed by atoms with Gasteiger partial charge in [-0.3, -0.25) is 0 Å². The first-order valence-electron chi connectivity index (χ1n) is 4.70. The second kappa shape index (κ2) is 2.85. The van der Waals surface area contributed by atoms with Crippen LogP contribution >= 0.6 is 0 Å². The molecule has 0 aliphatic carbocycles. The van der Waals surface area contributed by atoms with Gasteiger partial charge in [0.05, 0.1) is 5.69 Å². The Kier molecular flexibility index (Phi) is 1.62. The summed E-state index contributed by atoms with van der Waals surface area (Å²) in [7, 11) is 0. The number of hydrogen-bond donors (Lipinski definition) is 4. The van der Waals surface area contributed by atoms with Crippen LogP contribution in [0, 0.1) is 0 Å². The fourth-order valence-electron chi connectivity index (χ4n) is 1.91. The molecular formula is C11H10N2O2. The lowest BCUT2D eigenvalue weighted by atomic mass is 10.1. The van der Waals surface area contributed by atoms with Gasteiger partial charge in [-0.05, 0) is 24.3 Å². The van der Waals surface area contributed by atoms with Crippen LogP contribution in [-0.4, -0.2) is 20.2 Å². The van der Waals surface area contributed by atoms with Crippen molar-refractivity contribution in [2.45, 2.75) is 6.29 Å². The first kappa shape index (κ1) is 8.52. The third kappa shape index (κ3) is 1.16. The first-order valence-corrected chi connectivity index (χ1v) is 4.70. The van der Waals surface area contributed by atoms with Crippen LogP contribution in [0.5, 0.6) is 0 Å². The molecule has 0 saturated heterocycles. The van der Waals surface area contributed by atoms with Crippen LogP contribution < -0.4 is 0 Å². The summed E-state index contributed by atoms with van der Waals surface area (Å²) in [5, 5.41) is 20.2. The van der Waals surface area contributed by atoms with Crippen molar-refractivity contribution in [1.82, 2.24) is 9.97 Å². The van der Waals surface area contributed by atoms with E-state index in [1.54, 1.807) is 6.07 Å². The summed E-state index contributed by atoms with van der Waals surface area (Å²) < 4.78 is 0. The molecule has 4 heteroatoms. The van der Waals surface area contributed by atoms with Gasteiger partial charge >= 0.3 is 0 Å². The molecule has 0 radical (unpaired) electrons. The monoisotopic (exact) mass is 202 g/mol. The highest BCUT2D eigenvalue weighted by Crippen LogP contribution is 2.26. The summed E-state index contributed by atoms with van der Waals surface area (Å²) in [6.07, 6.45) is 0.415. The molecule has 4 N–H and O–H groups in total. The Morgan fingerprint density at radius 2 is 1.80 bits per heavy atom. The van der Waals surface area contributed by atoms with E-state index in [1.165, 1.54) is 0 Å². The van der Waals surface area contributed by atoms with Crippen LogP contribution in [0.4, 0.5) is 0 Å². The van der Waals surface area contributed by atoms with Gasteiger partial charge in [-0.1, -0.05) is 0 Å². The van der Waals surface area contributed by atoms with Gasteiger partial charge in [0.25, 0.3) is 0 Å². The molecule has 2 heterocycles. The number of nitrogens with one attached hydrogen (secondary N) is 2. The van der Waals surface area contributed by atoms with Gasteiger partial charge in [0.2, 0.25) is 0 Å². The lowest BCUT2D eigenvalue weighted by molar-refractivity contribution is -0.0452. The zero-order chi connectivity index (χ0) is 10.4. The summed E-state index contributed by atoms with van der Waals surface area (Å²) in [5.41, 5.74) is 2.37. The van der Waals surface area contributed by atoms with Crippen LogP contribution in [0.3, 0.4) is 0 Å². The van der Waals surface area contributed by atoms with Gasteiger partial charge in [-0.25, -0.2) is 0 Å². The zero-order valence-electron chi connectivity index (χ0n) is 7.86. The topological polar surface area (TPSA) is 72.0 Å². The summed E-state index contributed by atoms with van der Waals surface area (Å²) >= 11 is 0. The first-order chi connectivity index (χ1) is 7.25. The van der Waals surface area contributed by atoms with Crippen molar-refractivity contribution in [2.75, 3.05) is 0 Å². The van der Waals surface area contributed by atoms with Crippen molar-refractivity contribution in [2.24, 2.45) is 0 Å². The highest BCUT2D eigenvalue weighted by atomic mass is 16.5. The van der Waals surface area contributed by atoms with E-state index < -0.39 is 6.29 Å². The van der Waals surface area contributed by atoms with Crippen LogP contribution in [0.2, 0.25) is 0 Å². The molecule has 0 unspecified atom stereocenters. The Morgan fingerprint density at radius 1 is 1.00 bits per heavy atom. The van der Waals surface area contributed by atoms with E-state index in [4.69, 9.17) is 10.2 Å². The summed E-state index contributed by atoms with van der Waals surface area (Å²) in [6, 6.07) is 7.61. The minimum Gasteiger partial charge on any atom is -0.363 e. The Hall–Kier alpha value is -1.78. The molecule has 0 fully saturated rings. The van der Waals surface area contributed by atoms with Crippen molar-refractivity contribution in [1.29, 1.82) is 0 Å². The van der Waals surface area contributed by atoms with E-state index in [9.17, 15) is 0 Å². The van der Waals surface area contributed by atoms with Crippen molar-refractivity contribution >= 4 is 21.8 Å². The largest absolute Gasteiger partial charge is 0.363 e. The zero-order valence-corrected chi connectivity index (χ0v) is 7.86. The molecule has 1 aromatic carbocycles. The van der Waals surface area contributed by atoms with Crippen LogP contribution in [0.1, 0.15) is 12.0 Å². The Bertz CT molecular complexity index is 622. The third-order valence-electron chi connectivity index (χ3n) is 2.63. The normalized spacial score (nSPS) is 11.9. The van der Waals surface area contributed by atoms with E-state index in [0.29, 0.717) is 5.69 Å². The second-order valence-corrected chi connectivity index (χ2v) is 3.56. The number of hydrogen-bond acceptors (Lipinski definition) is 2. The maximum atomic E-state index is 9.06. The smallest absolute Gasteiger partial charge is 0.193 e. The molecule has 3 aromatic rings. The number of aromatic amines is 2. The maximum Gasteiger partial charge on any atom is 0.193 e. The molecule has 76 valence electrons. The third-order valence-corrected chi connectivity index (χ3v) is 2.63. The standard InChI is InChI=1S/C11H10N2O2/c14-11(15)10-5-7-6-3-4-12-8(6)1-2-9(7)13-10/h1-5,11-15H. The molecule has 2 aromatic heterocycles. The summed E-state index contributed by atoms with van der Waals surface area (Å²) in [4.78, 5) is 6.07. The molecule has 0 spiro atoms. The Morgan fingerprint density at radius 3 is 2.60 bits per heavy atom. The van der Waals surface area contributed by atoms with E-state index in [0.717, 1.165) is 21.8 Å². The minimum atomic E-state index is -1.45. The number of rotatable bonds is 1. The molecule has 0 aliphatic heterocycles. The molecule has 4 nitrogen and oxygen atoms in total. The van der Waals surface area contributed by atoms with Gasteiger partial charge in [0.1, 0.15) is 0 Å². The number of aromatic nitrogens is 2. The fraction of sp³-hybridized carbons (Fsp3) is 0.0909. The average molecular weight is 202 g/mol. The lowest BCUT2D eigenvalue weighted by Crippen LogP contribution is -1.93. The van der Waals surface area contributed by atoms with Crippen LogP contribution in [0.15, 0.2) is 30.5 Å². The number of H-pyrrole nitrogens is 2. The Labute approximate surface area is 85.2 Å². The van der Waals surface area contributed by atoms with E-state index in [2.05, 4.69) is 9.97 Å². The molecule has 0 aliphatic rings. The van der Waals surface area contributed by atoms with Crippen molar-refractivity contribution < 1.29 is 10.2 Å². The lowest BCUT2D eigenvalue weighted by Gasteiger charge is -1.96. The molecule has 0 bridgehead atoms. The average Bonchev–Trinajstić information content (AvgIpc) is 2.82. The molecule has 0 atom stereocenters. The van der Waals surface area contributed by atoms with E-state index in [1.807, 2.05) is 24.4 Å². The van der Waals surface area contributed by atoms with Crippen molar-refractivity contribution in [3.05, 3.63) is 36.2 Å². The molecule has 0 amide bonds. The predicted octanol–water partition coefficient (Wildman–Crippen LogP) is 1.63. The fourth-order valence-corrected chi connectivity index (χ4v) is 1.91. The second-order valence-electron chi connectivity index (χ2n) is 3.56. The molecule has 3 rings (SSSR count). The number of benzene rings is 1. The number of fused-ring (bicyclic) bond motifs is 3. The van der Waals surface area contributed by atoms with Crippen molar-refractivity contribution in [3.63, 3.8) is 0 Å². The van der Waals surface area contributed by atoms with Gasteiger partial charge in [-0.15, -0.1) is 0 Å². The summed E-state index contributed by atoms with van der Waals surface area (Å²) in [6.45, 7) is 0. The molecule has 15 heavy (non-hydrogen) atoms.